The number of ether oxygens (including phenoxy) is 2. The fourth-order valence-electron chi connectivity index (χ4n) is 16.8. The molecule has 0 aromatic heterocycles. The average Bonchev–Trinajstić information content (AvgIpc) is 1.60. The number of carbonyl (C=O) groups excluding carboxylic acids is 7. The zero-order valence-electron chi connectivity index (χ0n) is 78.5. The quantitative estimate of drug-likeness (QED) is 0.0141. The second-order valence-corrected chi connectivity index (χ2v) is 31.5. The van der Waals surface area contributed by atoms with Crippen molar-refractivity contribution in [3.63, 3.8) is 0 Å². The van der Waals surface area contributed by atoms with Crippen molar-refractivity contribution in [1.29, 1.82) is 5.26 Å². The Morgan fingerprint density at radius 2 is 0.793 bits per heavy atom. The number of hydrogen-bond donors (Lipinski definition) is 7. The van der Waals surface area contributed by atoms with E-state index >= 15 is 0 Å². The third kappa shape index (κ3) is 25.5. The number of esters is 2. The Hall–Kier alpha value is -8.27. The van der Waals surface area contributed by atoms with Crippen LogP contribution in [0.4, 0.5) is 68.2 Å². The summed E-state index contributed by atoms with van der Waals surface area (Å²) in [4.78, 5) is 93.5. The van der Waals surface area contributed by atoms with Crippen molar-refractivity contribution in [1.82, 2.24) is 0 Å². The summed E-state index contributed by atoms with van der Waals surface area (Å²) < 4.78 is 10.2. The molecule has 0 bridgehead atoms. The number of hydrogen-bond acceptors (Lipinski definition) is 19. The number of aryl methyl sites for hydroxylation is 4. The normalized spacial score (nSPS) is 12.6. The van der Waals surface area contributed by atoms with Gasteiger partial charge in [-0.2, -0.15) is 0 Å². The number of nitrogens with one attached hydrogen (secondary N) is 6. The first-order valence-electron chi connectivity index (χ1n) is 40.9. The fourth-order valence-corrected chi connectivity index (χ4v) is 17.2. The molecule has 9 N–H and O–H groups in total. The number of nitrogens with zero attached hydrogens (tertiary/aromatic N) is 7. The molecule has 6 aliphatic heterocycles. The van der Waals surface area contributed by atoms with Crippen molar-refractivity contribution in [2.24, 2.45) is 5.41 Å². The number of likely N-dealkylation sites (N-methyl/N-ethyl adjacent to an activating group) is 1. The number of amides is 4. The first-order valence-corrected chi connectivity index (χ1v) is 41.8. The Morgan fingerprint density at radius 3 is 1.17 bits per heavy atom. The molecule has 0 aliphatic carbocycles. The number of nitrogens with two attached hydrogens (primary N) is 1. The van der Waals surface area contributed by atoms with E-state index < -0.39 is 0 Å². The Labute approximate surface area is 776 Å². The van der Waals surface area contributed by atoms with Crippen LogP contribution in [0.1, 0.15) is 199 Å². The largest absolute Gasteiger partial charge is 1.00 e. The van der Waals surface area contributed by atoms with Crippen molar-refractivity contribution in [3.8, 4) is 0 Å². The van der Waals surface area contributed by atoms with Gasteiger partial charge in [-0.05, 0) is 264 Å². The van der Waals surface area contributed by atoms with E-state index in [0.29, 0.717) is 38.5 Å². The minimum atomic E-state index is -0.373. The van der Waals surface area contributed by atoms with Crippen LogP contribution in [0.15, 0.2) is 12.1 Å². The predicted octanol–water partition coefficient (Wildman–Crippen LogP) is 11.3. The molecule has 4 amide bonds. The predicted molar refractivity (Wildman–Crippen MR) is 493 cm³/mol. The second-order valence-electron chi connectivity index (χ2n) is 30.9. The summed E-state index contributed by atoms with van der Waals surface area (Å²) >= 11 is 11.2. The van der Waals surface area contributed by atoms with Crippen LogP contribution >= 0.6 is 23.2 Å². The SMILES string of the molecule is CC.CC(=O)N1CCc2c(C)cc(C)c(N)c21.CC(C)(C)C(=O)Cl.CCOC(=O)Cc1c(C)c2c(c(NC)c1C)N(C)CC2.CCOC(=O)Cc1c(C)c2c(c(NC)c1C)NCC2.CNc1c(C)c(CCl)c(C)c2c1N(C(C)=O)CC2.CNc1c(C)cc(C)c2c1N(C(C)=O)CC2.[C-]#N.[C-]#[N+]Cc1c(C)c2c(c(NC)c1C)N(C(C)=O)CC2.[Na+].[Na+].[OH-]. The molecule has 12 rings (SSSR count). The summed E-state index contributed by atoms with van der Waals surface area (Å²) in [6.07, 6.45) is 6.46. The molecule has 6 aromatic carbocycles. The topological polar surface area (TPSA) is 310 Å². The first kappa shape index (κ1) is 111. The molecule has 0 unspecified atom stereocenters. The standard InChI is InChI=1S/C16H24N2O2.C15H19N3O.C15H22N2O2.C14H19ClN2O.C13H18N2O.C12H16N2O.C5H9ClO.C2H6.CN.2Na.H2O/c1-6-20-14(19)9-13-10(2)12-7-8-18(5)16(12)15(17-4)11(13)3;1-9-12-6-7-18(11(3)19)15(12)14(17-5)10(2)13(9)8-16-4;1-5-19-13(18)8-12-9(2)11-6-7-17-15(11)14(16-4)10(12)3;1-8-11-5-6-17(10(3)18)14(11)13(16-4)9(2)12(8)7-15;1-8-7-9(2)12(14-4)13-11(8)5-6-15(13)10(3)16;1-7-6-8(2)11(13)12-10(7)4-5-14(12)9(3)15;1-5(2,3)4(6)7;2*1-2;;;/h17H,6-9H2,1-5H3;17H,6-8H2,1-3,5H3;16-17H,5-8H2,1-4H3;16H,5-7H2,1-4H3;7,14H,5-6H2,1-4H3;6H,4-5,13H2,1-3H3;1-3H3;1-2H3;;;;1H2/q;;;;;;;;-1;2*+1;/p-1. The summed E-state index contributed by atoms with van der Waals surface area (Å²) in [6.45, 7) is 62.6. The molecule has 0 spiro atoms. The zero-order valence-corrected chi connectivity index (χ0v) is 84.0. The number of fused-ring (bicyclic) bond motifs is 6. The van der Waals surface area contributed by atoms with Crippen LogP contribution in [0.25, 0.3) is 4.85 Å². The molecular formula is C93H134Cl2N14Na2O10. The number of halogens is 2. The molecule has 0 saturated carbocycles. The third-order valence-corrected chi connectivity index (χ3v) is 23.7. The Morgan fingerprint density at radius 1 is 0.479 bits per heavy atom. The minimum Gasteiger partial charge on any atom is -0.870 e. The van der Waals surface area contributed by atoms with E-state index in [1.807, 2.05) is 91.5 Å². The maximum atomic E-state index is 11.8. The van der Waals surface area contributed by atoms with E-state index in [-0.39, 0.29) is 111 Å². The summed E-state index contributed by atoms with van der Waals surface area (Å²) in [5.74, 6) is 0.591. The molecule has 24 nitrogen and oxygen atoms in total. The van der Waals surface area contributed by atoms with Gasteiger partial charge in [0.15, 0.2) is 0 Å². The maximum Gasteiger partial charge on any atom is 1.00 e. The zero-order chi connectivity index (χ0) is 89.6. The smallest absolute Gasteiger partial charge is 0.870 e. The van der Waals surface area contributed by atoms with Crippen LogP contribution in [0.2, 0.25) is 0 Å². The molecule has 652 valence electrons. The fraction of sp³-hybridized carbons (Fsp3) is 0.516. The third-order valence-electron chi connectivity index (χ3n) is 22.9. The van der Waals surface area contributed by atoms with E-state index in [1.54, 1.807) is 53.4 Å². The van der Waals surface area contributed by atoms with E-state index in [9.17, 15) is 33.6 Å². The van der Waals surface area contributed by atoms with Gasteiger partial charge < -0.3 is 93.8 Å². The van der Waals surface area contributed by atoms with Crippen LogP contribution in [0.5, 0.6) is 0 Å². The van der Waals surface area contributed by atoms with Crippen molar-refractivity contribution >= 4 is 132 Å². The van der Waals surface area contributed by atoms with Gasteiger partial charge in [0.1, 0.15) is 0 Å². The Bertz CT molecular complexity index is 4780. The maximum absolute atomic E-state index is 11.8. The van der Waals surface area contributed by atoms with E-state index in [4.69, 9.17) is 56.8 Å². The van der Waals surface area contributed by atoms with Crippen molar-refractivity contribution < 1.29 is 108 Å². The van der Waals surface area contributed by atoms with Gasteiger partial charge in [-0.15, -0.1) is 11.6 Å². The molecule has 0 saturated heterocycles. The van der Waals surface area contributed by atoms with Crippen LogP contribution < -0.4 is 121 Å². The van der Waals surface area contributed by atoms with E-state index in [1.165, 1.54) is 89.3 Å². The Kier molecular flexibility index (Phi) is 46.2. The summed E-state index contributed by atoms with van der Waals surface area (Å²) in [5.41, 5.74) is 44.8. The molecule has 6 aliphatic rings. The summed E-state index contributed by atoms with van der Waals surface area (Å²) in [7, 11) is 11.7. The van der Waals surface area contributed by atoms with Crippen LogP contribution in [0.3, 0.4) is 0 Å². The molecule has 28 heteroatoms. The molecule has 121 heavy (non-hydrogen) atoms. The van der Waals surface area contributed by atoms with Gasteiger partial charge in [-0.1, -0.05) is 46.8 Å². The van der Waals surface area contributed by atoms with Gasteiger partial charge in [0.25, 0.3) is 0 Å². The van der Waals surface area contributed by atoms with Gasteiger partial charge >= 0.3 is 71.1 Å². The molecular weight excluding hydrogens is 1590 g/mol. The van der Waals surface area contributed by atoms with Gasteiger partial charge in [0.05, 0.1) is 94.3 Å². The molecule has 0 radical (unpaired) electrons. The number of alkyl halides is 1. The van der Waals surface area contributed by atoms with Crippen LogP contribution in [-0.4, -0.2) is 141 Å². The van der Waals surface area contributed by atoms with Crippen molar-refractivity contribution in [2.75, 3.05) is 157 Å². The van der Waals surface area contributed by atoms with Gasteiger partial charge in [-0.25, -0.2) is 6.57 Å². The number of carbonyl (C=O) groups is 7. The van der Waals surface area contributed by atoms with Gasteiger partial charge in [0.2, 0.25) is 35.4 Å². The Balaban J connectivity index is 0.000000706. The van der Waals surface area contributed by atoms with E-state index in [0.717, 1.165) is 179 Å². The molecule has 6 heterocycles. The number of rotatable bonds is 13. The number of nitrogen functional groups attached to an aromatic ring is 1. The van der Waals surface area contributed by atoms with Gasteiger partial charge in [0, 0.05) is 126 Å². The first-order chi connectivity index (χ1) is 55.7. The average molecular weight is 1730 g/mol. The van der Waals surface area contributed by atoms with Crippen LogP contribution in [-0.2, 0) is 107 Å². The summed E-state index contributed by atoms with van der Waals surface area (Å²) in [5, 5.41) is 25.6. The molecule has 0 fully saturated rings. The second kappa shape index (κ2) is 50.5. The molecule has 6 aromatic rings. The van der Waals surface area contributed by atoms with Crippen LogP contribution in [0, 0.1) is 107 Å². The number of benzene rings is 6. The monoisotopic (exact) mass is 1720 g/mol. The van der Waals surface area contributed by atoms with Crippen molar-refractivity contribution in [3.05, 3.63) is 153 Å². The van der Waals surface area contributed by atoms with Gasteiger partial charge in [-0.3, -0.25) is 33.6 Å². The minimum absolute atomic E-state index is 0. The van der Waals surface area contributed by atoms with E-state index in [2.05, 4.69) is 130 Å². The summed E-state index contributed by atoms with van der Waals surface area (Å²) in [6, 6.07) is 4.28. The van der Waals surface area contributed by atoms with Crippen molar-refractivity contribution in [2.45, 2.75) is 223 Å². The number of anilines is 12. The molecule has 0 atom stereocenters.